The molecule has 37 heavy (non-hydrogen) atoms. The van der Waals surface area contributed by atoms with Crippen molar-refractivity contribution < 1.29 is 37.0 Å². The second kappa shape index (κ2) is 12.6. The predicted molar refractivity (Wildman–Crippen MR) is 131 cm³/mol. The molecule has 194 valence electrons. The number of carbonyl (C=O) groups excluding carboxylic acids is 3. The minimum absolute atomic E-state index is 0.0296. The van der Waals surface area contributed by atoms with Crippen molar-refractivity contribution in [2.24, 2.45) is 0 Å². The van der Waals surface area contributed by atoms with E-state index in [2.05, 4.69) is 10.6 Å². The maximum Gasteiger partial charge on any atom is 0.418 e. The number of carbonyl (C=O) groups is 3. The van der Waals surface area contributed by atoms with Crippen LogP contribution in [0.4, 0.5) is 24.5 Å². The number of aryl methyl sites for hydroxylation is 1. The third kappa shape index (κ3) is 8.99. The van der Waals surface area contributed by atoms with Crippen molar-refractivity contribution in [1.29, 1.82) is 0 Å². The van der Waals surface area contributed by atoms with Gasteiger partial charge in [0.05, 0.1) is 11.3 Å². The monoisotopic (exact) mass is 514 g/mol. The number of benzene rings is 3. The van der Waals surface area contributed by atoms with Gasteiger partial charge in [-0.3, -0.25) is 14.4 Å². The number of para-hydroxylation sites is 1. The summed E-state index contributed by atoms with van der Waals surface area (Å²) in [5, 5.41) is 4.79. The molecule has 0 saturated heterocycles. The summed E-state index contributed by atoms with van der Waals surface area (Å²) in [6, 6.07) is 18.9. The van der Waals surface area contributed by atoms with Crippen LogP contribution in [0.3, 0.4) is 0 Å². The van der Waals surface area contributed by atoms with Crippen molar-refractivity contribution >= 4 is 29.2 Å². The van der Waals surface area contributed by atoms with Crippen molar-refractivity contribution in [3.8, 4) is 11.5 Å². The van der Waals surface area contributed by atoms with Gasteiger partial charge in [-0.05, 0) is 61.9 Å². The Labute approximate surface area is 211 Å². The first-order chi connectivity index (χ1) is 17.6. The van der Waals surface area contributed by atoms with Crippen LogP contribution in [0, 0.1) is 6.92 Å². The number of anilines is 2. The summed E-state index contributed by atoms with van der Waals surface area (Å²) in [7, 11) is 0. The lowest BCUT2D eigenvalue weighted by Crippen LogP contribution is -2.22. The van der Waals surface area contributed by atoms with Crippen LogP contribution in [0.5, 0.6) is 11.5 Å². The highest BCUT2D eigenvalue weighted by molar-refractivity contribution is 5.94. The molecular formula is C27H25F3N2O5. The highest BCUT2D eigenvalue weighted by atomic mass is 19.4. The van der Waals surface area contributed by atoms with Gasteiger partial charge in [0, 0.05) is 18.5 Å². The second-order valence-corrected chi connectivity index (χ2v) is 8.09. The van der Waals surface area contributed by atoms with E-state index in [0.717, 1.165) is 17.7 Å². The minimum Gasteiger partial charge on any atom is -0.457 e. The van der Waals surface area contributed by atoms with E-state index in [9.17, 15) is 27.6 Å². The highest BCUT2D eigenvalue weighted by Crippen LogP contribution is 2.34. The largest absolute Gasteiger partial charge is 0.457 e. The number of amides is 2. The molecule has 0 saturated carbocycles. The first-order valence-electron chi connectivity index (χ1n) is 11.4. The minimum atomic E-state index is -4.64. The van der Waals surface area contributed by atoms with Crippen molar-refractivity contribution in [3.63, 3.8) is 0 Å². The smallest absolute Gasteiger partial charge is 0.418 e. The molecular weight excluding hydrogens is 489 g/mol. The van der Waals surface area contributed by atoms with Crippen LogP contribution in [0.1, 0.15) is 30.4 Å². The van der Waals surface area contributed by atoms with E-state index in [1.807, 2.05) is 31.2 Å². The fourth-order valence-electron chi connectivity index (χ4n) is 3.21. The lowest BCUT2D eigenvalue weighted by Gasteiger charge is -2.13. The van der Waals surface area contributed by atoms with Gasteiger partial charge in [-0.1, -0.05) is 29.8 Å². The Morgan fingerprint density at radius 3 is 2.05 bits per heavy atom. The van der Waals surface area contributed by atoms with Crippen LogP contribution in [0.25, 0.3) is 0 Å². The van der Waals surface area contributed by atoms with Gasteiger partial charge in [0.1, 0.15) is 11.5 Å². The summed E-state index contributed by atoms with van der Waals surface area (Å²) in [6.45, 7) is 1.24. The van der Waals surface area contributed by atoms with E-state index in [4.69, 9.17) is 9.47 Å². The summed E-state index contributed by atoms with van der Waals surface area (Å²) in [4.78, 5) is 35.9. The lowest BCUT2D eigenvalue weighted by molar-refractivity contribution is -0.147. The summed E-state index contributed by atoms with van der Waals surface area (Å²) < 4.78 is 49.5. The summed E-state index contributed by atoms with van der Waals surface area (Å²) >= 11 is 0. The number of ether oxygens (including phenoxy) is 2. The van der Waals surface area contributed by atoms with Crippen molar-refractivity contribution in [2.45, 2.75) is 32.4 Å². The number of hydrogen-bond acceptors (Lipinski definition) is 5. The van der Waals surface area contributed by atoms with Gasteiger partial charge in [-0.25, -0.2) is 0 Å². The number of nitrogens with one attached hydrogen (secondary N) is 2. The Kier molecular flexibility index (Phi) is 9.26. The van der Waals surface area contributed by atoms with Gasteiger partial charge in [-0.15, -0.1) is 0 Å². The SMILES string of the molecule is Cc1ccc(Oc2ccc(NC(=O)CCCC(=O)OCC(=O)Nc3ccccc3C(F)(F)F)cc2)cc1. The zero-order valence-corrected chi connectivity index (χ0v) is 19.9. The second-order valence-electron chi connectivity index (χ2n) is 8.09. The molecule has 2 amide bonds. The molecule has 0 aliphatic heterocycles. The van der Waals surface area contributed by atoms with Gasteiger partial charge in [0.15, 0.2) is 6.61 Å². The van der Waals surface area contributed by atoms with Crippen LogP contribution in [-0.2, 0) is 25.3 Å². The van der Waals surface area contributed by atoms with Crippen LogP contribution in [-0.4, -0.2) is 24.4 Å². The number of halogens is 3. The maximum absolute atomic E-state index is 13.0. The first-order valence-corrected chi connectivity index (χ1v) is 11.4. The molecule has 0 aromatic heterocycles. The Hall–Kier alpha value is -4.34. The average molecular weight is 515 g/mol. The van der Waals surface area contributed by atoms with E-state index >= 15 is 0 Å². The van der Waals surface area contributed by atoms with Gasteiger partial charge >= 0.3 is 12.1 Å². The zero-order valence-electron chi connectivity index (χ0n) is 19.9. The molecule has 0 aliphatic carbocycles. The van der Waals surface area contributed by atoms with Crippen LogP contribution in [0.2, 0.25) is 0 Å². The molecule has 0 spiro atoms. The molecule has 0 atom stereocenters. The van der Waals surface area contributed by atoms with Crippen molar-refractivity contribution in [1.82, 2.24) is 0 Å². The molecule has 0 unspecified atom stereocenters. The standard InChI is InChI=1S/C27H25F3N2O5/c1-18-9-13-20(14-10-18)37-21-15-11-19(12-16-21)31-24(33)7-4-8-26(35)36-17-25(34)32-23-6-3-2-5-22(23)27(28,29)30/h2-3,5-6,9-16H,4,7-8,17H2,1H3,(H,31,33)(H,32,34). The average Bonchev–Trinajstić information content (AvgIpc) is 2.85. The molecule has 0 bridgehead atoms. The Morgan fingerprint density at radius 2 is 1.41 bits per heavy atom. The normalized spacial score (nSPS) is 10.9. The molecule has 0 heterocycles. The molecule has 0 radical (unpaired) electrons. The Morgan fingerprint density at radius 1 is 0.784 bits per heavy atom. The summed E-state index contributed by atoms with van der Waals surface area (Å²) in [5.74, 6) is -0.669. The van der Waals surface area contributed by atoms with Gasteiger partial charge in [-0.2, -0.15) is 13.2 Å². The zero-order chi connectivity index (χ0) is 26.8. The molecule has 2 N–H and O–H groups in total. The fraction of sp³-hybridized carbons (Fsp3) is 0.222. The van der Waals surface area contributed by atoms with Crippen LogP contribution < -0.4 is 15.4 Å². The van der Waals surface area contributed by atoms with E-state index < -0.39 is 35.9 Å². The molecule has 10 heteroatoms. The first kappa shape index (κ1) is 27.3. The molecule has 0 aliphatic rings. The van der Waals surface area contributed by atoms with Gasteiger partial charge in [0.25, 0.3) is 5.91 Å². The fourth-order valence-corrected chi connectivity index (χ4v) is 3.21. The molecule has 0 fully saturated rings. The molecule has 3 aromatic carbocycles. The predicted octanol–water partition coefficient (Wildman–Crippen LogP) is 6.10. The number of esters is 1. The number of alkyl halides is 3. The number of hydrogen-bond donors (Lipinski definition) is 2. The van der Waals surface area contributed by atoms with Gasteiger partial charge in [0.2, 0.25) is 5.91 Å². The quantitative estimate of drug-likeness (QED) is 0.319. The summed E-state index contributed by atoms with van der Waals surface area (Å²) in [5.41, 5.74) is 0.242. The van der Waals surface area contributed by atoms with Crippen molar-refractivity contribution in [2.75, 3.05) is 17.2 Å². The van der Waals surface area contributed by atoms with Crippen LogP contribution >= 0.6 is 0 Å². The molecule has 7 nitrogen and oxygen atoms in total. The van der Waals surface area contributed by atoms with Crippen LogP contribution in [0.15, 0.2) is 72.8 Å². The van der Waals surface area contributed by atoms with E-state index in [-0.39, 0.29) is 25.2 Å². The third-order valence-corrected chi connectivity index (χ3v) is 5.05. The van der Waals surface area contributed by atoms with E-state index in [1.54, 1.807) is 24.3 Å². The number of rotatable bonds is 10. The van der Waals surface area contributed by atoms with E-state index in [1.165, 1.54) is 12.1 Å². The van der Waals surface area contributed by atoms with Gasteiger partial charge < -0.3 is 20.1 Å². The van der Waals surface area contributed by atoms with E-state index in [0.29, 0.717) is 17.2 Å². The third-order valence-electron chi connectivity index (χ3n) is 5.05. The highest BCUT2D eigenvalue weighted by Gasteiger charge is 2.33. The summed E-state index contributed by atoms with van der Waals surface area (Å²) in [6.07, 6.45) is -4.58. The Balaban J connectivity index is 1.35. The Bertz CT molecular complexity index is 1230. The molecule has 3 aromatic rings. The topological polar surface area (TPSA) is 93.7 Å². The lowest BCUT2D eigenvalue weighted by atomic mass is 10.1. The van der Waals surface area contributed by atoms with Crippen molar-refractivity contribution in [3.05, 3.63) is 83.9 Å². The molecule has 3 rings (SSSR count). The maximum atomic E-state index is 13.0.